The van der Waals surface area contributed by atoms with Crippen molar-refractivity contribution in [3.8, 4) is 11.3 Å². The number of fused-ring (bicyclic) bond motifs is 1. The maximum atomic E-state index is 6.42. The van der Waals surface area contributed by atoms with E-state index in [1.165, 1.54) is 19.3 Å². The lowest BCUT2D eigenvalue weighted by Crippen LogP contribution is -2.05. The van der Waals surface area contributed by atoms with Crippen molar-refractivity contribution in [3.63, 3.8) is 0 Å². The Morgan fingerprint density at radius 3 is 2.62 bits per heavy atom. The molecular formula is C19H23Cl2N5. The zero-order valence-corrected chi connectivity index (χ0v) is 16.8. The summed E-state index contributed by atoms with van der Waals surface area (Å²) < 4.78 is 1.80. The summed E-state index contributed by atoms with van der Waals surface area (Å²) in [5.74, 6) is 1.48. The van der Waals surface area contributed by atoms with Gasteiger partial charge in [0.2, 0.25) is 0 Å². The molecule has 3 rings (SSSR count). The maximum absolute atomic E-state index is 6.42. The molecule has 138 valence electrons. The fourth-order valence-electron chi connectivity index (χ4n) is 3.04. The first-order chi connectivity index (χ1) is 12.5. The number of halogens is 2. The van der Waals surface area contributed by atoms with Crippen LogP contribution < -0.4 is 5.32 Å². The molecule has 2 heterocycles. The Bertz CT molecular complexity index is 920. The smallest absolute Gasteiger partial charge is 0.158 e. The second kappa shape index (κ2) is 8.23. The van der Waals surface area contributed by atoms with E-state index in [4.69, 9.17) is 23.2 Å². The minimum atomic E-state index is 0.577. The fraction of sp³-hybridized carbons (Fsp3) is 0.421. The van der Waals surface area contributed by atoms with Crippen molar-refractivity contribution >= 4 is 40.1 Å². The third kappa shape index (κ3) is 3.94. The number of benzene rings is 1. The lowest BCUT2D eigenvalue weighted by molar-refractivity contribution is 0.684. The SMILES string of the molecule is CCCCCCNc1nc(C)nc2c(-c3ccc(Cl)cc3Cl)n(C)nc12. The highest BCUT2D eigenvalue weighted by Crippen LogP contribution is 2.35. The summed E-state index contributed by atoms with van der Waals surface area (Å²) in [5.41, 5.74) is 3.27. The van der Waals surface area contributed by atoms with Crippen LogP contribution in [-0.2, 0) is 7.05 Å². The minimum Gasteiger partial charge on any atom is -0.368 e. The van der Waals surface area contributed by atoms with Crippen LogP contribution in [0.15, 0.2) is 18.2 Å². The molecular weight excluding hydrogens is 369 g/mol. The van der Waals surface area contributed by atoms with Gasteiger partial charge in [0, 0.05) is 24.2 Å². The van der Waals surface area contributed by atoms with Gasteiger partial charge in [0.25, 0.3) is 0 Å². The molecule has 0 saturated carbocycles. The molecule has 0 aliphatic carbocycles. The van der Waals surface area contributed by atoms with E-state index in [1.807, 2.05) is 26.1 Å². The van der Waals surface area contributed by atoms with Crippen molar-refractivity contribution in [2.75, 3.05) is 11.9 Å². The molecule has 2 aromatic heterocycles. The molecule has 0 amide bonds. The zero-order valence-electron chi connectivity index (χ0n) is 15.3. The number of aromatic nitrogens is 4. The van der Waals surface area contributed by atoms with Gasteiger partial charge in [-0.1, -0.05) is 49.4 Å². The van der Waals surface area contributed by atoms with Crippen LogP contribution in [0.3, 0.4) is 0 Å². The first-order valence-corrected chi connectivity index (χ1v) is 9.67. The molecule has 5 nitrogen and oxygen atoms in total. The van der Waals surface area contributed by atoms with Gasteiger partial charge in [-0.05, 0) is 31.5 Å². The van der Waals surface area contributed by atoms with Crippen LogP contribution in [0.5, 0.6) is 0 Å². The summed E-state index contributed by atoms with van der Waals surface area (Å²) in [4.78, 5) is 9.18. The van der Waals surface area contributed by atoms with Crippen molar-refractivity contribution in [1.82, 2.24) is 19.7 Å². The molecule has 26 heavy (non-hydrogen) atoms. The number of nitrogens with one attached hydrogen (secondary N) is 1. The standard InChI is InChI=1S/C19H23Cl2N5/c1-4-5-6-7-10-22-19-17-16(23-12(2)24-19)18(26(3)25-17)14-9-8-13(20)11-15(14)21/h8-9,11H,4-7,10H2,1-3H3,(H,22,23,24). The van der Waals surface area contributed by atoms with Crippen molar-refractivity contribution in [2.45, 2.75) is 39.5 Å². The molecule has 0 unspecified atom stereocenters. The molecule has 0 saturated heterocycles. The van der Waals surface area contributed by atoms with Crippen LogP contribution in [0.25, 0.3) is 22.3 Å². The first kappa shape index (κ1) is 18.9. The van der Waals surface area contributed by atoms with Crippen LogP contribution in [0.1, 0.15) is 38.4 Å². The second-order valence-electron chi connectivity index (χ2n) is 6.40. The van der Waals surface area contributed by atoms with Gasteiger partial charge in [-0.25, -0.2) is 9.97 Å². The minimum absolute atomic E-state index is 0.577. The Morgan fingerprint density at radius 2 is 1.88 bits per heavy atom. The zero-order chi connectivity index (χ0) is 18.7. The summed E-state index contributed by atoms with van der Waals surface area (Å²) in [5, 5.41) is 9.25. The van der Waals surface area contributed by atoms with Gasteiger partial charge in [-0.15, -0.1) is 0 Å². The van der Waals surface area contributed by atoms with Crippen LogP contribution in [0.4, 0.5) is 5.82 Å². The molecule has 0 aliphatic heterocycles. The predicted octanol–water partition coefficient (Wildman–Crippen LogP) is 5.64. The summed E-state index contributed by atoms with van der Waals surface area (Å²) in [7, 11) is 1.89. The first-order valence-electron chi connectivity index (χ1n) is 8.92. The average Bonchev–Trinajstić information content (AvgIpc) is 2.91. The lowest BCUT2D eigenvalue weighted by atomic mass is 10.1. The van der Waals surface area contributed by atoms with E-state index in [0.29, 0.717) is 15.9 Å². The molecule has 0 spiro atoms. The van der Waals surface area contributed by atoms with Gasteiger partial charge in [-0.2, -0.15) is 5.10 Å². The number of anilines is 1. The molecule has 3 aromatic rings. The summed E-state index contributed by atoms with van der Waals surface area (Å²) in [6.45, 7) is 4.98. The van der Waals surface area contributed by atoms with E-state index in [2.05, 4.69) is 27.3 Å². The Morgan fingerprint density at radius 1 is 1.08 bits per heavy atom. The van der Waals surface area contributed by atoms with Crippen LogP contribution in [-0.4, -0.2) is 26.3 Å². The predicted molar refractivity (Wildman–Crippen MR) is 109 cm³/mol. The second-order valence-corrected chi connectivity index (χ2v) is 7.24. The van der Waals surface area contributed by atoms with Gasteiger partial charge in [0.1, 0.15) is 11.3 Å². The quantitative estimate of drug-likeness (QED) is 0.529. The Kier molecular flexibility index (Phi) is 5.99. The summed E-state index contributed by atoms with van der Waals surface area (Å²) >= 11 is 12.5. The van der Waals surface area contributed by atoms with Gasteiger partial charge in [-0.3, -0.25) is 4.68 Å². The number of aryl methyl sites for hydroxylation is 2. The fourth-order valence-corrected chi connectivity index (χ4v) is 3.54. The number of hydrogen-bond acceptors (Lipinski definition) is 4. The molecule has 1 aromatic carbocycles. The van der Waals surface area contributed by atoms with E-state index in [1.54, 1.807) is 10.7 Å². The van der Waals surface area contributed by atoms with Crippen molar-refractivity contribution in [2.24, 2.45) is 7.05 Å². The molecule has 7 heteroatoms. The van der Waals surface area contributed by atoms with Crippen LogP contribution in [0, 0.1) is 6.92 Å². The Balaban J connectivity index is 2.00. The maximum Gasteiger partial charge on any atom is 0.158 e. The topological polar surface area (TPSA) is 55.6 Å². The van der Waals surface area contributed by atoms with Crippen LogP contribution in [0.2, 0.25) is 10.0 Å². The molecule has 0 fully saturated rings. The monoisotopic (exact) mass is 391 g/mol. The largest absolute Gasteiger partial charge is 0.368 e. The number of rotatable bonds is 7. The number of unbranched alkanes of at least 4 members (excludes halogenated alkanes) is 3. The van der Waals surface area contributed by atoms with E-state index < -0.39 is 0 Å². The van der Waals surface area contributed by atoms with E-state index >= 15 is 0 Å². The van der Waals surface area contributed by atoms with Gasteiger partial charge in [0.15, 0.2) is 11.3 Å². The average molecular weight is 392 g/mol. The number of hydrogen-bond donors (Lipinski definition) is 1. The van der Waals surface area contributed by atoms with Crippen LogP contribution >= 0.6 is 23.2 Å². The summed E-state index contributed by atoms with van der Waals surface area (Å²) in [6.07, 6.45) is 4.80. The van der Waals surface area contributed by atoms with Crippen molar-refractivity contribution in [3.05, 3.63) is 34.1 Å². The Hall–Kier alpha value is -1.85. The van der Waals surface area contributed by atoms with Gasteiger partial charge < -0.3 is 5.32 Å². The Labute approximate surface area is 163 Å². The molecule has 0 radical (unpaired) electrons. The summed E-state index contributed by atoms with van der Waals surface area (Å²) in [6, 6.07) is 5.46. The number of nitrogens with zero attached hydrogens (tertiary/aromatic N) is 4. The highest BCUT2D eigenvalue weighted by Gasteiger charge is 2.19. The van der Waals surface area contributed by atoms with E-state index in [9.17, 15) is 0 Å². The van der Waals surface area contributed by atoms with E-state index in [0.717, 1.165) is 41.1 Å². The normalized spacial score (nSPS) is 11.3. The third-order valence-electron chi connectivity index (χ3n) is 4.30. The van der Waals surface area contributed by atoms with Gasteiger partial charge in [0.05, 0.1) is 10.7 Å². The van der Waals surface area contributed by atoms with Crippen molar-refractivity contribution in [1.29, 1.82) is 0 Å². The van der Waals surface area contributed by atoms with E-state index in [-0.39, 0.29) is 0 Å². The molecule has 0 aliphatic rings. The highest BCUT2D eigenvalue weighted by atomic mass is 35.5. The lowest BCUT2D eigenvalue weighted by Gasteiger charge is -2.08. The third-order valence-corrected chi connectivity index (χ3v) is 4.85. The molecule has 1 N–H and O–H groups in total. The van der Waals surface area contributed by atoms with Gasteiger partial charge >= 0.3 is 0 Å². The molecule has 0 atom stereocenters. The molecule has 0 bridgehead atoms. The van der Waals surface area contributed by atoms with Crippen molar-refractivity contribution < 1.29 is 0 Å². The highest BCUT2D eigenvalue weighted by molar-refractivity contribution is 6.36.